The van der Waals surface area contributed by atoms with Gasteiger partial charge in [0, 0.05) is 0 Å². The first kappa shape index (κ1) is 16.7. The number of aliphatic hydroxyl groups is 1. The van der Waals surface area contributed by atoms with Crippen molar-refractivity contribution in [3.63, 3.8) is 0 Å². The normalized spacial score (nSPS) is 13.3. The number of carbonyl (C=O) groups is 2. The Labute approximate surface area is 134 Å². The van der Waals surface area contributed by atoms with Gasteiger partial charge < -0.3 is 15.5 Å². The Kier molecular flexibility index (Phi) is 5.49. The van der Waals surface area contributed by atoms with Crippen molar-refractivity contribution in [3.05, 3.63) is 71.8 Å². The number of aliphatic carboxylic acids is 1. The number of carboxylic acids is 1. The minimum Gasteiger partial charge on any atom is -0.480 e. The molecule has 2 aromatic carbocycles. The van der Waals surface area contributed by atoms with Gasteiger partial charge in [0.15, 0.2) is 6.04 Å². The highest BCUT2D eigenvalue weighted by atomic mass is 16.4. The fraction of sp³-hybridized carbons (Fsp3) is 0.222. The number of hydrogen-bond donors (Lipinski definition) is 3. The van der Waals surface area contributed by atoms with E-state index in [9.17, 15) is 14.7 Å². The quantitative estimate of drug-likeness (QED) is 0.758. The molecule has 0 saturated heterocycles. The van der Waals surface area contributed by atoms with Crippen LogP contribution in [0.3, 0.4) is 0 Å². The van der Waals surface area contributed by atoms with E-state index in [4.69, 9.17) is 5.11 Å². The minimum atomic E-state index is -1.35. The van der Waals surface area contributed by atoms with E-state index in [0.717, 1.165) is 11.1 Å². The molecule has 0 aliphatic carbocycles. The number of carbonyl (C=O) groups excluding carboxylic acids is 1. The van der Waals surface area contributed by atoms with Crippen molar-refractivity contribution in [2.45, 2.75) is 25.0 Å². The summed E-state index contributed by atoms with van der Waals surface area (Å²) in [5, 5.41) is 21.1. The number of benzene rings is 2. The van der Waals surface area contributed by atoms with Crippen LogP contribution in [0.4, 0.5) is 0 Å². The lowest BCUT2D eigenvalue weighted by atomic mass is 9.90. The van der Waals surface area contributed by atoms with Crippen molar-refractivity contribution in [1.82, 2.24) is 5.32 Å². The van der Waals surface area contributed by atoms with E-state index in [2.05, 4.69) is 5.32 Å². The fourth-order valence-corrected chi connectivity index (χ4v) is 2.41. The molecular weight excluding hydrogens is 294 g/mol. The average Bonchev–Trinajstić information content (AvgIpc) is 2.54. The maximum atomic E-state index is 12.7. The van der Waals surface area contributed by atoms with Crippen LogP contribution in [-0.2, 0) is 9.59 Å². The third-order valence-corrected chi connectivity index (χ3v) is 3.57. The highest BCUT2D eigenvalue weighted by Gasteiger charge is 2.30. The van der Waals surface area contributed by atoms with Gasteiger partial charge in [0.25, 0.3) is 0 Å². The first-order valence-corrected chi connectivity index (χ1v) is 7.32. The van der Waals surface area contributed by atoms with E-state index in [1.54, 1.807) is 0 Å². The lowest BCUT2D eigenvalue weighted by Gasteiger charge is -2.22. The lowest BCUT2D eigenvalue weighted by Crippen LogP contribution is -2.49. The SMILES string of the molecule is C[C@@H](O)[C@H](NC(=O)C(c1ccccc1)c1ccccc1)C(=O)O. The predicted octanol–water partition coefficient (Wildman–Crippen LogP) is 1.77. The summed E-state index contributed by atoms with van der Waals surface area (Å²) < 4.78 is 0. The second kappa shape index (κ2) is 7.56. The number of aliphatic hydroxyl groups excluding tert-OH is 1. The first-order valence-electron chi connectivity index (χ1n) is 7.32. The predicted molar refractivity (Wildman–Crippen MR) is 86.0 cm³/mol. The van der Waals surface area contributed by atoms with Gasteiger partial charge >= 0.3 is 5.97 Å². The number of hydrogen-bond acceptors (Lipinski definition) is 3. The second-order valence-electron chi connectivity index (χ2n) is 5.32. The van der Waals surface area contributed by atoms with Crippen molar-refractivity contribution in [2.24, 2.45) is 0 Å². The zero-order valence-corrected chi connectivity index (χ0v) is 12.7. The van der Waals surface area contributed by atoms with Crippen molar-refractivity contribution in [1.29, 1.82) is 0 Å². The maximum Gasteiger partial charge on any atom is 0.328 e. The summed E-state index contributed by atoms with van der Waals surface area (Å²) in [5.74, 6) is -2.37. The van der Waals surface area contributed by atoms with Crippen LogP contribution in [-0.4, -0.2) is 34.2 Å². The molecule has 0 radical (unpaired) electrons. The van der Waals surface area contributed by atoms with Gasteiger partial charge in [-0.3, -0.25) is 4.79 Å². The van der Waals surface area contributed by atoms with Gasteiger partial charge in [0.2, 0.25) is 5.91 Å². The summed E-state index contributed by atoms with van der Waals surface area (Å²) in [4.78, 5) is 23.9. The summed E-state index contributed by atoms with van der Waals surface area (Å²) in [6.45, 7) is 1.33. The Morgan fingerprint density at radius 2 is 1.35 bits per heavy atom. The van der Waals surface area contributed by atoms with Crippen LogP contribution in [0, 0.1) is 0 Å². The highest BCUT2D eigenvalue weighted by molar-refractivity contribution is 5.90. The Morgan fingerprint density at radius 1 is 0.913 bits per heavy atom. The molecule has 0 aliphatic rings. The molecule has 5 nitrogen and oxygen atoms in total. The van der Waals surface area contributed by atoms with Gasteiger partial charge in [-0.15, -0.1) is 0 Å². The topological polar surface area (TPSA) is 86.6 Å². The van der Waals surface area contributed by atoms with Crippen molar-refractivity contribution >= 4 is 11.9 Å². The van der Waals surface area contributed by atoms with E-state index < -0.39 is 29.9 Å². The van der Waals surface area contributed by atoms with E-state index >= 15 is 0 Å². The number of nitrogens with one attached hydrogen (secondary N) is 1. The summed E-state index contributed by atoms with van der Waals surface area (Å²) in [6, 6.07) is 16.9. The molecule has 2 rings (SSSR count). The summed E-state index contributed by atoms with van der Waals surface area (Å²) >= 11 is 0. The first-order chi connectivity index (χ1) is 11.0. The molecule has 0 heterocycles. The molecule has 2 atom stereocenters. The smallest absolute Gasteiger partial charge is 0.328 e. The fourth-order valence-electron chi connectivity index (χ4n) is 2.41. The lowest BCUT2D eigenvalue weighted by molar-refractivity contribution is -0.144. The second-order valence-corrected chi connectivity index (χ2v) is 5.32. The maximum absolute atomic E-state index is 12.7. The number of carboxylic acid groups (broad SMARTS) is 1. The molecule has 5 heteroatoms. The van der Waals surface area contributed by atoms with Crippen LogP contribution in [0.5, 0.6) is 0 Å². The molecule has 23 heavy (non-hydrogen) atoms. The summed E-state index contributed by atoms with van der Waals surface area (Å²) in [7, 11) is 0. The van der Waals surface area contributed by atoms with Crippen LogP contribution in [0.25, 0.3) is 0 Å². The molecule has 0 spiro atoms. The van der Waals surface area contributed by atoms with E-state index in [1.165, 1.54) is 6.92 Å². The molecule has 0 unspecified atom stereocenters. The largest absolute Gasteiger partial charge is 0.480 e. The van der Waals surface area contributed by atoms with Gasteiger partial charge in [-0.1, -0.05) is 60.7 Å². The molecule has 2 aromatic rings. The standard InChI is InChI=1S/C18H19NO4/c1-12(20)16(18(22)23)19-17(21)15(13-8-4-2-5-9-13)14-10-6-3-7-11-14/h2-12,15-16,20H,1H3,(H,19,21)(H,22,23)/t12-,16+/m1/s1. The van der Waals surface area contributed by atoms with Gasteiger partial charge in [-0.25, -0.2) is 4.79 Å². The van der Waals surface area contributed by atoms with Crippen LogP contribution in [0.15, 0.2) is 60.7 Å². The Balaban J connectivity index is 2.34. The molecular formula is C18H19NO4. The Morgan fingerprint density at radius 3 is 1.70 bits per heavy atom. The molecule has 0 fully saturated rings. The molecule has 0 bridgehead atoms. The van der Waals surface area contributed by atoms with Gasteiger partial charge in [0.05, 0.1) is 12.0 Å². The number of amides is 1. The third kappa shape index (κ3) is 4.17. The molecule has 120 valence electrons. The monoisotopic (exact) mass is 313 g/mol. The van der Waals surface area contributed by atoms with Gasteiger partial charge in [-0.05, 0) is 18.1 Å². The molecule has 0 saturated carbocycles. The zero-order valence-electron chi connectivity index (χ0n) is 12.7. The zero-order chi connectivity index (χ0) is 16.8. The van der Waals surface area contributed by atoms with Crippen molar-refractivity contribution in [3.8, 4) is 0 Å². The van der Waals surface area contributed by atoms with E-state index in [-0.39, 0.29) is 0 Å². The molecule has 3 N–H and O–H groups in total. The van der Waals surface area contributed by atoms with Crippen molar-refractivity contribution < 1.29 is 19.8 Å². The van der Waals surface area contributed by atoms with Crippen LogP contribution in [0.2, 0.25) is 0 Å². The van der Waals surface area contributed by atoms with Gasteiger partial charge in [0.1, 0.15) is 0 Å². The Bertz CT molecular complexity index is 616. The Hall–Kier alpha value is -2.66. The van der Waals surface area contributed by atoms with Crippen LogP contribution >= 0.6 is 0 Å². The summed E-state index contributed by atoms with van der Waals surface area (Å²) in [5.41, 5.74) is 1.51. The van der Waals surface area contributed by atoms with Crippen LogP contribution in [0.1, 0.15) is 24.0 Å². The third-order valence-electron chi connectivity index (χ3n) is 3.57. The molecule has 0 aliphatic heterocycles. The van der Waals surface area contributed by atoms with Crippen molar-refractivity contribution in [2.75, 3.05) is 0 Å². The average molecular weight is 313 g/mol. The molecule has 1 amide bonds. The summed E-state index contributed by atoms with van der Waals surface area (Å²) in [6.07, 6.45) is -1.19. The minimum absolute atomic E-state index is 0.462. The van der Waals surface area contributed by atoms with E-state index in [1.807, 2.05) is 60.7 Å². The highest BCUT2D eigenvalue weighted by Crippen LogP contribution is 2.25. The van der Waals surface area contributed by atoms with Crippen LogP contribution < -0.4 is 5.32 Å². The van der Waals surface area contributed by atoms with E-state index in [0.29, 0.717) is 0 Å². The molecule has 0 aromatic heterocycles. The van der Waals surface area contributed by atoms with Gasteiger partial charge in [-0.2, -0.15) is 0 Å². The number of rotatable bonds is 6.